The third-order valence-corrected chi connectivity index (χ3v) is 2.70. The fourth-order valence-corrected chi connectivity index (χ4v) is 1.81. The van der Waals surface area contributed by atoms with Crippen LogP contribution in [-0.2, 0) is 14.6 Å². The third kappa shape index (κ3) is 2.65. The second-order valence-electron chi connectivity index (χ2n) is 3.23. The van der Waals surface area contributed by atoms with Crippen LogP contribution in [0.3, 0.4) is 0 Å². The summed E-state index contributed by atoms with van der Waals surface area (Å²) in [5.41, 5.74) is -0.984. The summed E-state index contributed by atoms with van der Waals surface area (Å²) in [6.07, 6.45) is 6.90. The smallest absolute Gasteiger partial charge is 0.264 e. The van der Waals surface area contributed by atoms with Gasteiger partial charge < -0.3 is 0 Å². The molecule has 0 fully saturated rings. The third-order valence-electron chi connectivity index (χ3n) is 2.13. The molecule has 0 saturated carbocycles. The van der Waals surface area contributed by atoms with Gasteiger partial charge in [0.15, 0.2) is 0 Å². The van der Waals surface area contributed by atoms with Gasteiger partial charge in [0.2, 0.25) is 0 Å². The van der Waals surface area contributed by atoms with Crippen molar-refractivity contribution in [1.82, 2.24) is 0 Å². The predicted molar refractivity (Wildman–Crippen MR) is 48.5 cm³/mol. The van der Waals surface area contributed by atoms with Crippen LogP contribution in [0.4, 0.5) is 0 Å². The summed E-state index contributed by atoms with van der Waals surface area (Å²) in [7, 11) is -4.40. The summed E-state index contributed by atoms with van der Waals surface area (Å²) in [4.78, 5) is 0. The van der Waals surface area contributed by atoms with Gasteiger partial charge >= 0.3 is 10.4 Å². The van der Waals surface area contributed by atoms with E-state index in [-0.39, 0.29) is 5.92 Å². The SMILES string of the molecule is CC1C=CC=CC1(C)OS(=O)(=O)O. The first kappa shape index (κ1) is 10.4. The molecule has 5 heteroatoms. The van der Waals surface area contributed by atoms with Crippen molar-refractivity contribution in [1.29, 1.82) is 0 Å². The van der Waals surface area contributed by atoms with Crippen molar-refractivity contribution < 1.29 is 17.2 Å². The standard InChI is InChI=1S/C8H12O4S/c1-7-5-3-4-6-8(7,2)12-13(9,10)11/h3-7H,1-2H3,(H,9,10,11). The van der Waals surface area contributed by atoms with Crippen LogP contribution < -0.4 is 0 Å². The summed E-state index contributed by atoms with van der Waals surface area (Å²) in [5.74, 6) is -0.0978. The lowest BCUT2D eigenvalue weighted by Crippen LogP contribution is -2.36. The van der Waals surface area contributed by atoms with Gasteiger partial charge in [0.05, 0.1) is 0 Å². The van der Waals surface area contributed by atoms with Gasteiger partial charge in [-0.05, 0) is 6.92 Å². The fraction of sp³-hybridized carbons (Fsp3) is 0.500. The number of hydrogen-bond acceptors (Lipinski definition) is 3. The predicted octanol–water partition coefficient (Wildman–Crippen LogP) is 1.33. The maximum atomic E-state index is 10.5. The Kier molecular flexibility index (Phi) is 2.61. The van der Waals surface area contributed by atoms with E-state index in [2.05, 4.69) is 4.18 Å². The zero-order valence-corrected chi connectivity index (χ0v) is 8.28. The van der Waals surface area contributed by atoms with Gasteiger partial charge in [-0.1, -0.05) is 31.2 Å². The van der Waals surface area contributed by atoms with E-state index in [4.69, 9.17) is 4.55 Å². The molecule has 0 aromatic carbocycles. The van der Waals surface area contributed by atoms with Crippen LogP contribution in [0.2, 0.25) is 0 Å². The quantitative estimate of drug-likeness (QED) is 0.689. The van der Waals surface area contributed by atoms with Crippen LogP contribution in [-0.4, -0.2) is 18.6 Å². The maximum absolute atomic E-state index is 10.5. The van der Waals surface area contributed by atoms with Crippen LogP contribution in [0.5, 0.6) is 0 Å². The van der Waals surface area contributed by atoms with Gasteiger partial charge in [-0.15, -0.1) is 0 Å². The van der Waals surface area contributed by atoms with Crippen molar-refractivity contribution in [3.8, 4) is 0 Å². The van der Waals surface area contributed by atoms with E-state index in [1.54, 1.807) is 25.2 Å². The van der Waals surface area contributed by atoms with Gasteiger partial charge in [0.25, 0.3) is 0 Å². The van der Waals surface area contributed by atoms with E-state index in [0.717, 1.165) is 0 Å². The molecule has 0 aromatic rings. The molecule has 0 amide bonds. The Morgan fingerprint density at radius 3 is 2.54 bits per heavy atom. The molecule has 0 aromatic heterocycles. The minimum absolute atomic E-state index is 0.0978. The van der Waals surface area contributed by atoms with E-state index < -0.39 is 16.0 Å². The first-order chi connectivity index (χ1) is 5.83. The van der Waals surface area contributed by atoms with Crippen molar-refractivity contribution in [2.24, 2.45) is 5.92 Å². The van der Waals surface area contributed by atoms with Crippen LogP contribution in [0.15, 0.2) is 24.3 Å². The molecule has 74 valence electrons. The van der Waals surface area contributed by atoms with E-state index >= 15 is 0 Å². The van der Waals surface area contributed by atoms with Crippen molar-refractivity contribution >= 4 is 10.4 Å². The Bertz CT molecular complexity index is 341. The van der Waals surface area contributed by atoms with Crippen LogP contribution in [0.25, 0.3) is 0 Å². The van der Waals surface area contributed by atoms with Crippen LogP contribution in [0, 0.1) is 5.92 Å². The summed E-state index contributed by atoms with van der Waals surface area (Å²) in [5, 5.41) is 0. The summed E-state index contributed by atoms with van der Waals surface area (Å²) in [6, 6.07) is 0. The maximum Gasteiger partial charge on any atom is 0.398 e. The molecule has 1 aliphatic rings. The molecule has 0 bridgehead atoms. The molecule has 4 nitrogen and oxygen atoms in total. The van der Waals surface area contributed by atoms with Crippen LogP contribution in [0.1, 0.15) is 13.8 Å². The number of allylic oxidation sites excluding steroid dienone is 2. The molecule has 1 aliphatic carbocycles. The van der Waals surface area contributed by atoms with E-state index in [0.29, 0.717) is 0 Å². The first-order valence-electron chi connectivity index (χ1n) is 3.87. The van der Waals surface area contributed by atoms with Gasteiger partial charge in [0, 0.05) is 5.92 Å². The molecule has 0 saturated heterocycles. The largest absolute Gasteiger partial charge is 0.398 e. The molecule has 0 heterocycles. The number of rotatable bonds is 2. The van der Waals surface area contributed by atoms with Gasteiger partial charge in [-0.25, -0.2) is 4.18 Å². The van der Waals surface area contributed by atoms with Crippen LogP contribution >= 0.6 is 0 Å². The minimum atomic E-state index is -4.40. The average molecular weight is 204 g/mol. The lowest BCUT2D eigenvalue weighted by Gasteiger charge is -2.30. The highest BCUT2D eigenvalue weighted by Crippen LogP contribution is 2.28. The highest BCUT2D eigenvalue weighted by atomic mass is 32.3. The zero-order chi connectivity index (χ0) is 10.1. The molecular formula is C8H12O4S. The minimum Gasteiger partial charge on any atom is -0.264 e. The molecule has 1 N–H and O–H groups in total. The van der Waals surface area contributed by atoms with Crippen molar-refractivity contribution in [2.75, 3.05) is 0 Å². The Labute approximate surface area is 77.9 Å². The van der Waals surface area contributed by atoms with Gasteiger partial charge in [-0.2, -0.15) is 8.42 Å². The molecule has 0 radical (unpaired) electrons. The molecule has 13 heavy (non-hydrogen) atoms. The monoisotopic (exact) mass is 204 g/mol. The second kappa shape index (κ2) is 3.25. The Hall–Kier alpha value is -0.650. The van der Waals surface area contributed by atoms with Gasteiger partial charge in [-0.3, -0.25) is 4.55 Å². The fourth-order valence-electron chi connectivity index (χ4n) is 1.15. The van der Waals surface area contributed by atoms with Crippen molar-refractivity contribution in [3.63, 3.8) is 0 Å². The van der Waals surface area contributed by atoms with E-state index in [9.17, 15) is 8.42 Å². The Balaban J connectivity index is 2.89. The molecule has 0 spiro atoms. The molecule has 0 aliphatic heterocycles. The molecule has 1 rings (SSSR count). The lowest BCUT2D eigenvalue weighted by atomic mass is 9.87. The lowest BCUT2D eigenvalue weighted by molar-refractivity contribution is 0.0919. The molecular weight excluding hydrogens is 192 g/mol. The molecule has 2 atom stereocenters. The Morgan fingerprint density at radius 1 is 1.46 bits per heavy atom. The summed E-state index contributed by atoms with van der Waals surface area (Å²) in [6.45, 7) is 3.41. The average Bonchev–Trinajstić information content (AvgIpc) is 1.92. The van der Waals surface area contributed by atoms with Crippen molar-refractivity contribution in [2.45, 2.75) is 19.4 Å². The summed E-state index contributed by atoms with van der Waals surface area (Å²) >= 11 is 0. The highest BCUT2D eigenvalue weighted by Gasteiger charge is 2.33. The van der Waals surface area contributed by atoms with E-state index in [1.165, 1.54) is 0 Å². The van der Waals surface area contributed by atoms with Gasteiger partial charge in [0.1, 0.15) is 5.60 Å². The topological polar surface area (TPSA) is 63.6 Å². The second-order valence-corrected chi connectivity index (χ2v) is 4.25. The first-order valence-corrected chi connectivity index (χ1v) is 5.24. The highest BCUT2D eigenvalue weighted by molar-refractivity contribution is 7.80. The molecule has 2 unspecified atom stereocenters. The zero-order valence-electron chi connectivity index (χ0n) is 7.47. The summed E-state index contributed by atoms with van der Waals surface area (Å²) < 4.78 is 34.2. The number of hydrogen-bond donors (Lipinski definition) is 1. The van der Waals surface area contributed by atoms with Crippen molar-refractivity contribution in [3.05, 3.63) is 24.3 Å². The van der Waals surface area contributed by atoms with E-state index in [1.807, 2.05) is 13.0 Å². The Morgan fingerprint density at radius 2 is 2.08 bits per heavy atom. The normalized spacial score (nSPS) is 33.6.